The zero-order valence-corrected chi connectivity index (χ0v) is 13.4. The Kier molecular flexibility index (Phi) is 4.38. The number of hydrogen-bond donors (Lipinski definition) is 1. The molecule has 0 saturated carbocycles. The van der Waals surface area contributed by atoms with E-state index in [0.717, 1.165) is 10.4 Å². The molecule has 0 bridgehead atoms. The van der Waals surface area contributed by atoms with Crippen LogP contribution in [-0.2, 0) is 0 Å². The van der Waals surface area contributed by atoms with Crippen molar-refractivity contribution < 1.29 is 4.79 Å². The molecule has 0 fully saturated rings. The number of carbonyl (C=O) groups excluding carboxylic acids is 1. The normalized spacial score (nSPS) is 10.5. The van der Waals surface area contributed by atoms with Gasteiger partial charge in [0.05, 0.1) is 21.1 Å². The van der Waals surface area contributed by atoms with Crippen LogP contribution < -0.4 is 5.32 Å². The number of rotatable bonds is 3. The molecule has 0 unspecified atom stereocenters. The second kappa shape index (κ2) is 6.44. The number of hydrogen-bond acceptors (Lipinski definition) is 4. The average molecular weight is 350 g/mol. The van der Waals surface area contributed by atoms with Crippen molar-refractivity contribution in [3.63, 3.8) is 0 Å². The van der Waals surface area contributed by atoms with Gasteiger partial charge in [-0.1, -0.05) is 39.8 Å². The summed E-state index contributed by atoms with van der Waals surface area (Å²) in [5.74, 6) is -0.245. The smallest absolute Gasteiger partial charge is 0.255 e. The predicted octanol–water partition coefficient (Wildman–Crippen LogP) is 4.76. The summed E-state index contributed by atoms with van der Waals surface area (Å²) in [6, 6.07) is 12.2. The molecule has 0 radical (unpaired) electrons. The lowest BCUT2D eigenvalue weighted by atomic mass is 10.1. The van der Waals surface area contributed by atoms with Crippen molar-refractivity contribution in [2.24, 2.45) is 0 Å². The number of carbonyl (C=O) groups is 1. The van der Waals surface area contributed by atoms with Crippen molar-refractivity contribution in [2.45, 2.75) is 0 Å². The highest BCUT2D eigenvalue weighted by Crippen LogP contribution is 2.25. The number of nitrogens with zero attached hydrogens (tertiary/aromatic N) is 2. The second-order valence-corrected chi connectivity index (χ2v) is 6.04. The Morgan fingerprint density at radius 2 is 1.82 bits per heavy atom. The summed E-state index contributed by atoms with van der Waals surface area (Å²) < 4.78 is 3.82. The number of anilines is 1. The van der Waals surface area contributed by atoms with Gasteiger partial charge in [0, 0.05) is 11.3 Å². The number of benzene rings is 2. The highest BCUT2D eigenvalue weighted by molar-refractivity contribution is 7.09. The number of nitrogens with one attached hydrogen (secondary N) is 1. The van der Waals surface area contributed by atoms with Crippen molar-refractivity contribution in [3.05, 3.63) is 64.3 Å². The number of aromatic nitrogens is 2. The van der Waals surface area contributed by atoms with Crippen LogP contribution in [0.1, 0.15) is 10.4 Å². The molecule has 0 aliphatic carbocycles. The molecule has 0 spiro atoms. The van der Waals surface area contributed by atoms with E-state index < -0.39 is 0 Å². The molecule has 1 amide bonds. The van der Waals surface area contributed by atoms with E-state index in [2.05, 4.69) is 14.9 Å². The van der Waals surface area contributed by atoms with Crippen molar-refractivity contribution >= 4 is 46.3 Å². The van der Waals surface area contributed by atoms with Crippen LogP contribution in [0.3, 0.4) is 0 Å². The molecule has 2 aromatic carbocycles. The van der Waals surface area contributed by atoms with Crippen molar-refractivity contribution in [1.29, 1.82) is 0 Å². The molecule has 0 aliphatic rings. The first-order valence-corrected chi connectivity index (χ1v) is 7.80. The van der Waals surface area contributed by atoms with E-state index in [-0.39, 0.29) is 5.91 Å². The maximum atomic E-state index is 12.2. The summed E-state index contributed by atoms with van der Waals surface area (Å²) in [4.78, 5) is 13.1. The number of amides is 1. The molecular formula is C15H9Cl2N3OS. The largest absolute Gasteiger partial charge is 0.322 e. The fourth-order valence-electron chi connectivity index (χ4n) is 1.85. The Hall–Kier alpha value is -1.95. The van der Waals surface area contributed by atoms with E-state index in [9.17, 15) is 4.79 Å². The molecule has 0 saturated heterocycles. The summed E-state index contributed by atoms with van der Waals surface area (Å²) in [5.41, 5.74) is 2.14. The third-order valence-electron chi connectivity index (χ3n) is 2.97. The lowest BCUT2D eigenvalue weighted by Crippen LogP contribution is -2.11. The minimum absolute atomic E-state index is 0.245. The average Bonchev–Trinajstić information content (AvgIpc) is 3.05. The van der Waals surface area contributed by atoms with Crippen molar-refractivity contribution in [1.82, 2.24) is 9.59 Å². The molecule has 1 heterocycles. The highest BCUT2D eigenvalue weighted by atomic mass is 35.5. The van der Waals surface area contributed by atoms with Gasteiger partial charge in [0.2, 0.25) is 0 Å². The van der Waals surface area contributed by atoms with Gasteiger partial charge < -0.3 is 5.32 Å². The number of halogens is 2. The van der Waals surface area contributed by atoms with Crippen LogP contribution in [0, 0.1) is 0 Å². The van der Waals surface area contributed by atoms with Crippen LogP contribution >= 0.6 is 34.7 Å². The van der Waals surface area contributed by atoms with Gasteiger partial charge in [-0.2, -0.15) is 0 Å². The topological polar surface area (TPSA) is 54.9 Å². The second-order valence-electron chi connectivity index (χ2n) is 4.44. The third kappa shape index (κ3) is 3.27. The molecular weight excluding hydrogens is 341 g/mol. The van der Waals surface area contributed by atoms with E-state index in [1.807, 2.05) is 24.3 Å². The van der Waals surface area contributed by atoms with Crippen molar-refractivity contribution in [3.8, 4) is 10.4 Å². The Balaban J connectivity index is 1.75. The predicted molar refractivity (Wildman–Crippen MR) is 89.8 cm³/mol. The third-order valence-corrected chi connectivity index (χ3v) is 4.42. The van der Waals surface area contributed by atoms with Crippen LogP contribution in [0.25, 0.3) is 10.4 Å². The minimum atomic E-state index is -0.245. The molecule has 110 valence electrons. The molecule has 1 aromatic heterocycles. The van der Waals surface area contributed by atoms with Gasteiger partial charge >= 0.3 is 0 Å². The maximum Gasteiger partial charge on any atom is 0.255 e. The molecule has 3 rings (SSSR count). The SMILES string of the molecule is O=C(Nc1ccc(-c2cnns2)cc1)c1ccc(Cl)c(Cl)c1. The van der Waals surface area contributed by atoms with E-state index in [1.54, 1.807) is 18.3 Å². The Morgan fingerprint density at radius 3 is 2.45 bits per heavy atom. The lowest BCUT2D eigenvalue weighted by Gasteiger charge is -2.07. The van der Waals surface area contributed by atoms with Crippen LogP contribution in [0.4, 0.5) is 5.69 Å². The van der Waals surface area contributed by atoms with E-state index >= 15 is 0 Å². The van der Waals surface area contributed by atoms with Gasteiger partial charge in [0.15, 0.2) is 0 Å². The van der Waals surface area contributed by atoms with Gasteiger partial charge in [0.1, 0.15) is 0 Å². The zero-order chi connectivity index (χ0) is 15.5. The summed E-state index contributed by atoms with van der Waals surface area (Å²) in [5, 5.41) is 7.38. The molecule has 0 aliphatic heterocycles. The molecule has 22 heavy (non-hydrogen) atoms. The van der Waals surface area contributed by atoms with Crippen LogP contribution in [0.5, 0.6) is 0 Å². The van der Waals surface area contributed by atoms with Gasteiger partial charge in [-0.15, -0.1) is 5.10 Å². The minimum Gasteiger partial charge on any atom is -0.322 e. The quantitative estimate of drug-likeness (QED) is 0.741. The first-order valence-electron chi connectivity index (χ1n) is 6.28. The molecule has 0 atom stereocenters. The lowest BCUT2D eigenvalue weighted by molar-refractivity contribution is 0.102. The van der Waals surface area contributed by atoms with Crippen LogP contribution in [0.15, 0.2) is 48.7 Å². The van der Waals surface area contributed by atoms with Gasteiger partial charge in [0.25, 0.3) is 5.91 Å². The Bertz CT molecular complexity index is 804. The van der Waals surface area contributed by atoms with Crippen molar-refractivity contribution in [2.75, 3.05) is 5.32 Å². The fraction of sp³-hybridized carbons (Fsp3) is 0. The fourth-order valence-corrected chi connectivity index (χ4v) is 2.67. The van der Waals surface area contributed by atoms with Gasteiger partial charge in [-0.05, 0) is 47.4 Å². The summed E-state index contributed by atoms with van der Waals surface area (Å²) in [6.07, 6.45) is 1.70. The van der Waals surface area contributed by atoms with Crippen LogP contribution in [0.2, 0.25) is 10.0 Å². The van der Waals surface area contributed by atoms with Gasteiger partial charge in [-0.25, -0.2) is 0 Å². The molecule has 4 nitrogen and oxygen atoms in total. The monoisotopic (exact) mass is 349 g/mol. The zero-order valence-electron chi connectivity index (χ0n) is 11.1. The Labute approximate surface area is 140 Å². The first kappa shape index (κ1) is 15.0. The maximum absolute atomic E-state index is 12.2. The van der Waals surface area contributed by atoms with Gasteiger partial charge in [-0.3, -0.25) is 4.79 Å². The molecule has 3 aromatic rings. The Morgan fingerprint density at radius 1 is 1.05 bits per heavy atom. The van der Waals surface area contributed by atoms with E-state index in [4.69, 9.17) is 23.2 Å². The summed E-state index contributed by atoms with van der Waals surface area (Å²) in [6.45, 7) is 0. The highest BCUT2D eigenvalue weighted by Gasteiger charge is 2.09. The van der Waals surface area contributed by atoms with E-state index in [0.29, 0.717) is 21.3 Å². The standard InChI is InChI=1S/C15H9Cl2N3OS/c16-12-6-3-10(7-13(12)17)15(21)19-11-4-1-9(2-5-11)14-8-18-20-22-14/h1-8H,(H,19,21). The first-order chi connectivity index (χ1) is 10.6. The molecule has 1 N–H and O–H groups in total. The molecule has 7 heteroatoms. The summed E-state index contributed by atoms with van der Waals surface area (Å²) in [7, 11) is 0. The van der Waals surface area contributed by atoms with Crippen LogP contribution in [-0.4, -0.2) is 15.5 Å². The summed E-state index contributed by atoms with van der Waals surface area (Å²) >= 11 is 13.1. The van der Waals surface area contributed by atoms with E-state index in [1.165, 1.54) is 17.6 Å².